The van der Waals surface area contributed by atoms with E-state index in [1.165, 1.54) is 51.0 Å². The maximum atomic E-state index is 11.2. The lowest BCUT2D eigenvalue weighted by Gasteiger charge is -2.29. The Bertz CT molecular complexity index is 396. The first-order valence-corrected chi connectivity index (χ1v) is 10.3. The molecule has 0 heterocycles. The summed E-state index contributed by atoms with van der Waals surface area (Å²) in [4.78, 5) is 11.2. The van der Waals surface area contributed by atoms with Crippen LogP contribution in [0.15, 0.2) is 25.3 Å². The predicted molar refractivity (Wildman–Crippen MR) is 111 cm³/mol. The number of rotatable bonds is 17. The largest absolute Gasteiger partial charge is 0.462 e. The van der Waals surface area contributed by atoms with Crippen LogP contribution >= 0.6 is 0 Å². The number of ether oxygens (including phenoxy) is 2. The van der Waals surface area contributed by atoms with Gasteiger partial charge in [0.2, 0.25) is 0 Å². The van der Waals surface area contributed by atoms with Crippen LogP contribution in [0.5, 0.6) is 0 Å². The monoisotopic (exact) mass is 366 g/mol. The van der Waals surface area contributed by atoms with Crippen molar-refractivity contribution in [3.05, 3.63) is 25.3 Å². The second kappa shape index (κ2) is 14.0. The lowest BCUT2D eigenvalue weighted by atomic mass is 9.90. The fourth-order valence-corrected chi connectivity index (χ4v) is 2.80. The van der Waals surface area contributed by atoms with Gasteiger partial charge in [0.25, 0.3) is 0 Å². The van der Waals surface area contributed by atoms with Crippen molar-refractivity contribution < 1.29 is 14.3 Å². The number of esters is 1. The smallest absolute Gasteiger partial charge is 0.330 e. The zero-order valence-electron chi connectivity index (χ0n) is 17.8. The van der Waals surface area contributed by atoms with E-state index >= 15 is 0 Å². The van der Waals surface area contributed by atoms with E-state index in [9.17, 15) is 4.79 Å². The normalized spacial score (nSPS) is 12.0. The molecular formula is C23H42O3. The molecule has 0 aromatic rings. The van der Waals surface area contributed by atoms with Gasteiger partial charge in [0.1, 0.15) is 0 Å². The highest BCUT2D eigenvalue weighted by molar-refractivity contribution is 5.81. The first kappa shape index (κ1) is 24.9. The molecule has 0 rings (SSSR count). The molecule has 0 fully saturated rings. The number of carbonyl (C=O) groups is 1. The van der Waals surface area contributed by atoms with Gasteiger partial charge in [-0.1, -0.05) is 65.0 Å². The molecule has 0 amide bonds. The molecule has 0 aliphatic rings. The Morgan fingerprint density at radius 2 is 1.46 bits per heavy atom. The zero-order chi connectivity index (χ0) is 19.9. The van der Waals surface area contributed by atoms with Crippen LogP contribution in [0.1, 0.15) is 91.9 Å². The molecule has 0 saturated carbocycles. The molecular weight excluding hydrogens is 324 g/mol. The molecule has 0 aromatic heterocycles. The van der Waals surface area contributed by atoms with E-state index in [-0.39, 0.29) is 17.0 Å². The van der Waals surface area contributed by atoms with Gasteiger partial charge in [0.05, 0.1) is 12.2 Å². The standard InChI is InChI=1S/C23H42O3/c1-7-9-10-11-12-13-14-15-16-17-23(5,6)26-19-18-22(3,4)20-25-21(24)8-2/h7-8H,1-2,9-20H2,3-6H3. The molecule has 0 atom stereocenters. The second-order valence-electron chi connectivity index (χ2n) is 8.64. The summed E-state index contributed by atoms with van der Waals surface area (Å²) < 4.78 is 11.3. The van der Waals surface area contributed by atoms with Crippen LogP contribution < -0.4 is 0 Å². The highest BCUT2D eigenvalue weighted by Gasteiger charge is 2.23. The maximum absolute atomic E-state index is 11.2. The van der Waals surface area contributed by atoms with Gasteiger partial charge in [-0.05, 0) is 39.5 Å². The third-order valence-electron chi connectivity index (χ3n) is 4.73. The van der Waals surface area contributed by atoms with Crippen LogP contribution in [0.3, 0.4) is 0 Å². The van der Waals surface area contributed by atoms with Crippen LogP contribution in [0.25, 0.3) is 0 Å². The molecule has 0 radical (unpaired) electrons. The molecule has 0 unspecified atom stereocenters. The lowest BCUT2D eigenvalue weighted by Crippen LogP contribution is -2.28. The molecule has 26 heavy (non-hydrogen) atoms. The quantitative estimate of drug-likeness (QED) is 0.125. The van der Waals surface area contributed by atoms with Crippen LogP contribution in [-0.2, 0) is 14.3 Å². The molecule has 0 bridgehead atoms. The molecule has 0 aliphatic carbocycles. The van der Waals surface area contributed by atoms with E-state index in [0.29, 0.717) is 13.2 Å². The van der Waals surface area contributed by atoms with Crippen LogP contribution in [0, 0.1) is 5.41 Å². The predicted octanol–water partition coefficient (Wildman–Crippen LogP) is 6.62. The third kappa shape index (κ3) is 15.2. The van der Waals surface area contributed by atoms with Gasteiger partial charge in [-0.3, -0.25) is 0 Å². The summed E-state index contributed by atoms with van der Waals surface area (Å²) in [6.07, 6.45) is 15.5. The van der Waals surface area contributed by atoms with Crippen LogP contribution in [0.4, 0.5) is 0 Å². The first-order chi connectivity index (χ1) is 12.2. The number of unbranched alkanes of at least 4 members (excludes halogenated alkanes) is 7. The van der Waals surface area contributed by atoms with Crippen molar-refractivity contribution in [2.45, 2.75) is 97.5 Å². The fraction of sp³-hybridized carbons (Fsp3) is 0.783. The zero-order valence-corrected chi connectivity index (χ0v) is 17.8. The van der Waals surface area contributed by atoms with Crippen molar-refractivity contribution in [2.75, 3.05) is 13.2 Å². The minimum Gasteiger partial charge on any atom is -0.462 e. The molecule has 0 aromatic carbocycles. The molecule has 0 spiro atoms. The number of allylic oxidation sites excluding steroid dienone is 1. The van der Waals surface area contributed by atoms with Gasteiger partial charge in [0, 0.05) is 18.1 Å². The molecule has 0 aliphatic heterocycles. The van der Waals surface area contributed by atoms with E-state index in [4.69, 9.17) is 9.47 Å². The number of hydrogen-bond donors (Lipinski definition) is 0. The first-order valence-electron chi connectivity index (χ1n) is 10.3. The van der Waals surface area contributed by atoms with Gasteiger partial charge < -0.3 is 9.47 Å². The van der Waals surface area contributed by atoms with Crippen molar-refractivity contribution in [1.29, 1.82) is 0 Å². The Hall–Kier alpha value is -1.09. The van der Waals surface area contributed by atoms with Gasteiger partial charge in [0.15, 0.2) is 0 Å². The van der Waals surface area contributed by atoms with Crippen LogP contribution in [0.2, 0.25) is 0 Å². The van der Waals surface area contributed by atoms with Gasteiger partial charge in [-0.15, -0.1) is 6.58 Å². The average molecular weight is 367 g/mol. The summed E-state index contributed by atoms with van der Waals surface area (Å²) in [7, 11) is 0. The fourth-order valence-electron chi connectivity index (χ4n) is 2.80. The highest BCUT2D eigenvalue weighted by Crippen LogP contribution is 2.25. The molecule has 3 heteroatoms. The lowest BCUT2D eigenvalue weighted by molar-refractivity contribution is -0.141. The summed E-state index contributed by atoms with van der Waals surface area (Å²) in [6.45, 7) is 16.8. The van der Waals surface area contributed by atoms with Gasteiger partial charge in [-0.2, -0.15) is 0 Å². The minimum atomic E-state index is -0.361. The van der Waals surface area contributed by atoms with E-state index < -0.39 is 0 Å². The van der Waals surface area contributed by atoms with Crippen molar-refractivity contribution in [3.63, 3.8) is 0 Å². The SMILES string of the molecule is C=CCCCCCCCCCC(C)(C)OCCC(C)(C)COC(=O)C=C. The van der Waals surface area contributed by atoms with Gasteiger partial charge in [-0.25, -0.2) is 4.79 Å². The molecule has 0 saturated heterocycles. The summed E-state index contributed by atoms with van der Waals surface area (Å²) in [5, 5.41) is 0. The van der Waals surface area contributed by atoms with Crippen molar-refractivity contribution >= 4 is 5.97 Å². The van der Waals surface area contributed by atoms with Crippen molar-refractivity contribution in [1.82, 2.24) is 0 Å². The maximum Gasteiger partial charge on any atom is 0.330 e. The molecule has 3 nitrogen and oxygen atoms in total. The topological polar surface area (TPSA) is 35.5 Å². The molecule has 0 N–H and O–H groups in total. The Kier molecular flexibility index (Phi) is 13.4. The Balaban J connectivity index is 3.75. The van der Waals surface area contributed by atoms with E-state index in [2.05, 4.69) is 40.9 Å². The van der Waals surface area contributed by atoms with Gasteiger partial charge >= 0.3 is 5.97 Å². The van der Waals surface area contributed by atoms with Crippen molar-refractivity contribution in [2.24, 2.45) is 5.41 Å². The van der Waals surface area contributed by atoms with E-state index in [0.717, 1.165) is 19.3 Å². The highest BCUT2D eigenvalue weighted by atomic mass is 16.5. The summed E-state index contributed by atoms with van der Waals surface area (Å²) >= 11 is 0. The summed E-state index contributed by atoms with van der Waals surface area (Å²) in [5.41, 5.74) is -0.168. The van der Waals surface area contributed by atoms with Crippen LogP contribution in [-0.4, -0.2) is 24.8 Å². The summed E-state index contributed by atoms with van der Waals surface area (Å²) in [6, 6.07) is 0. The molecule has 152 valence electrons. The minimum absolute atomic E-state index is 0.0830. The van der Waals surface area contributed by atoms with E-state index in [1.807, 2.05) is 6.08 Å². The van der Waals surface area contributed by atoms with Crippen molar-refractivity contribution in [3.8, 4) is 0 Å². The Morgan fingerprint density at radius 1 is 0.885 bits per heavy atom. The number of hydrogen-bond acceptors (Lipinski definition) is 3. The Morgan fingerprint density at radius 3 is 2.04 bits per heavy atom. The second-order valence-corrected chi connectivity index (χ2v) is 8.64. The third-order valence-corrected chi connectivity index (χ3v) is 4.73. The summed E-state index contributed by atoms with van der Waals surface area (Å²) in [5.74, 6) is -0.361. The van der Waals surface area contributed by atoms with E-state index in [1.54, 1.807) is 0 Å². The Labute approximate surface area is 162 Å². The average Bonchev–Trinajstić information content (AvgIpc) is 2.57. The number of carbonyl (C=O) groups excluding carboxylic acids is 1.